The molecule has 2 aromatic rings. The summed E-state index contributed by atoms with van der Waals surface area (Å²) in [5, 5.41) is 5.98. The first-order chi connectivity index (χ1) is 14.0. The van der Waals surface area contributed by atoms with Crippen molar-refractivity contribution in [1.29, 1.82) is 0 Å². The van der Waals surface area contributed by atoms with Gasteiger partial charge in [0, 0.05) is 12.6 Å². The number of hydrogen-bond acceptors (Lipinski definition) is 4. The number of rotatable bonds is 8. The molecule has 1 aromatic heterocycles. The number of amides is 2. The van der Waals surface area contributed by atoms with Gasteiger partial charge in [-0.05, 0) is 72.9 Å². The lowest BCUT2D eigenvalue weighted by atomic mass is 10.0. The van der Waals surface area contributed by atoms with Crippen LogP contribution in [-0.4, -0.2) is 48.4 Å². The van der Waals surface area contributed by atoms with E-state index >= 15 is 0 Å². The zero-order valence-electron chi connectivity index (χ0n) is 16.7. The zero-order valence-corrected chi connectivity index (χ0v) is 19.1. The molecule has 0 aliphatic carbocycles. The summed E-state index contributed by atoms with van der Waals surface area (Å²) in [6, 6.07) is 13.2. The first-order valence-electron chi connectivity index (χ1n) is 10.1. The van der Waals surface area contributed by atoms with Crippen LogP contribution in [0.25, 0.3) is 0 Å². The minimum atomic E-state index is -0.594. The van der Waals surface area contributed by atoms with Crippen LogP contribution in [0, 0.1) is 0 Å². The number of nitrogens with one attached hydrogen (secondary N) is 2. The van der Waals surface area contributed by atoms with Gasteiger partial charge in [-0.3, -0.25) is 9.59 Å². The van der Waals surface area contributed by atoms with E-state index in [4.69, 9.17) is 0 Å². The molecule has 5 nitrogen and oxygen atoms in total. The van der Waals surface area contributed by atoms with E-state index in [1.807, 2.05) is 24.3 Å². The summed E-state index contributed by atoms with van der Waals surface area (Å²) in [6.07, 6.45) is 4.50. The summed E-state index contributed by atoms with van der Waals surface area (Å²) < 4.78 is 0.893. The Balaban J connectivity index is 1.60. The number of piperidine rings is 1. The Morgan fingerprint density at radius 3 is 2.45 bits per heavy atom. The van der Waals surface area contributed by atoms with Gasteiger partial charge in [0.2, 0.25) is 5.91 Å². The molecule has 3 rings (SSSR count). The van der Waals surface area contributed by atoms with Gasteiger partial charge in [0.05, 0.1) is 8.66 Å². The van der Waals surface area contributed by atoms with E-state index < -0.39 is 6.04 Å². The van der Waals surface area contributed by atoms with E-state index in [1.54, 1.807) is 13.0 Å². The van der Waals surface area contributed by atoms with Gasteiger partial charge in [-0.15, -0.1) is 11.3 Å². The Bertz CT molecular complexity index is 805. The molecule has 1 aliphatic rings. The molecule has 2 N–H and O–H groups in total. The SMILES string of the molecule is CC(NC(=O)c1ccc(Br)s1)C(=O)NC(Cc1ccccc1)CN1CCCCC1. The Kier molecular flexibility index (Phi) is 8.27. The number of hydrogen-bond donors (Lipinski definition) is 2. The van der Waals surface area contributed by atoms with Crippen LogP contribution in [0.15, 0.2) is 46.3 Å². The van der Waals surface area contributed by atoms with E-state index in [2.05, 4.69) is 43.6 Å². The third-order valence-corrected chi connectivity index (χ3v) is 6.76. The molecule has 29 heavy (non-hydrogen) atoms. The van der Waals surface area contributed by atoms with E-state index in [-0.39, 0.29) is 17.9 Å². The fourth-order valence-corrected chi connectivity index (χ4v) is 4.90. The molecule has 2 unspecified atom stereocenters. The highest BCUT2D eigenvalue weighted by Crippen LogP contribution is 2.22. The Labute approximate surface area is 185 Å². The predicted molar refractivity (Wildman–Crippen MR) is 121 cm³/mol. The summed E-state index contributed by atoms with van der Waals surface area (Å²) in [4.78, 5) is 28.2. The average molecular weight is 478 g/mol. The number of halogens is 1. The third kappa shape index (κ3) is 6.94. The normalized spacial score (nSPS) is 16.8. The summed E-state index contributed by atoms with van der Waals surface area (Å²) in [6.45, 7) is 4.73. The van der Waals surface area contributed by atoms with Crippen molar-refractivity contribution in [3.63, 3.8) is 0 Å². The van der Waals surface area contributed by atoms with Crippen LogP contribution in [0.5, 0.6) is 0 Å². The largest absolute Gasteiger partial charge is 0.350 e. The molecule has 1 aromatic carbocycles. The lowest BCUT2D eigenvalue weighted by Gasteiger charge is -2.31. The van der Waals surface area contributed by atoms with Gasteiger partial charge in [-0.25, -0.2) is 0 Å². The van der Waals surface area contributed by atoms with E-state index in [0.29, 0.717) is 4.88 Å². The van der Waals surface area contributed by atoms with Gasteiger partial charge >= 0.3 is 0 Å². The molecule has 156 valence electrons. The van der Waals surface area contributed by atoms with Gasteiger partial charge in [0.25, 0.3) is 5.91 Å². The highest BCUT2D eigenvalue weighted by Gasteiger charge is 2.23. The van der Waals surface area contributed by atoms with Gasteiger partial charge in [0.1, 0.15) is 6.04 Å². The second-order valence-electron chi connectivity index (χ2n) is 7.56. The van der Waals surface area contributed by atoms with Crippen LogP contribution in [0.4, 0.5) is 0 Å². The molecule has 0 spiro atoms. The second kappa shape index (κ2) is 10.9. The van der Waals surface area contributed by atoms with Gasteiger partial charge in [-0.1, -0.05) is 36.8 Å². The molecule has 1 aliphatic heterocycles. The molecule has 2 atom stereocenters. The third-order valence-electron chi connectivity index (χ3n) is 5.14. The van der Waals surface area contributed by atoms with Crippen molar-refractivity contribution in [2.24, 2.45) is 0 Å². The maximum Gasteiger partial charge on any atom is 0.262 e. The fraction of sp³-hybridized carbons (Fsp3) is 0.455. The van der Waals surface area contributed by atoms with E-state index in [1.165, 1.54) is 36.2 Å². The van der Waals surface area contributed by atoms with Crippen LogP contribution < -0.4 is 10.6 Å². The molecular formula is C22H28BrN3O2S. The number of carbonyl (C=O) groups excluding carboxylic acids is 2. The predicted octanol–water partition coefficient (Wildman–Crippen LogP) is 3.84. The van der Waals surface area contributed by atoms with Crippen molar-refractivity contribution < 1.29 is 9.59 Å². The smallest absolute Gasteiger partial charge is 0.262 e. The van der Waals surface area contributed by atoms with Crippen molar-refractivity contribution in [2.75, 3.05) is 19.6 Å². The van der Waals surface area contributed by atoms with E-state index in [0.717, 1.165) is 29.8 Å². The molecule has 0 saturated carbocycles. The van der Waals surface area contributed by atoms with Gasteiger partial charge in [-0.2, -0.15) is 0 Å². The quantitative estimate of drug-likeness (QED) is 0.606. The standard InChI is InChI=1S/C22H28BrN3O2S/c1-16(24-22(28)19-10-11-20(23)29-19)21(27)25-18(14-17-8-4-2-5-9-17)15-26-12-6-3-7-13-26/h2,4-5,8-11,16,18H,3,6-7,12-15H2,1H3,(H,24,28)(H,25,27). The zero-order chi connectivity index (χ0) is 20.6. The maximum absolute atomic E-state index is 12.8. The fourth-order valence-electron chi connectivity index (χ4n) is 3.61. The summed E-state index contributed by atoms with van der Waals surface area (Å²) in [5.41, 5.74) is 1.20. The van der Waals surface area contributed by atoms with Crippen molar-refractivity contribution in [3.8, 4) is 0 Å². The molecule has 7 heteroatoms. The molecule has 1 fully saturated rings. The monoisotopic (exact) mass is 477 g/mol. The Morgan fingerprint density at radius 2 is 1.79 bits per heavy atom. The van der Waals surface area contributed by atoms with Crippen LogP contribution >= 0.6 is 27.3 Å². The van der Waals surface area contributed by atoms with E-state index in [9.17, 15) is 9.59 Å². The molecule has 0 bridgehead atoms. The molecule has 2 heterocycles. The Morgan fingerprint density at radius 1 is 1.07 bits per heavy atom. The van der Waals surface area contributed by atoms with Crippen LogP contribution in [0.3, 0.4) is 0 Å². The number of nitrogens with zero attached hydrogens (tertiary/aromatic N) is 1. The molecule has 1 saturated heterocycles. The maximum atomic E-state index is 12.8. The van der Waals surface area contributed by atoms with Crippen molar-refractivity contribution in [2.45, 2.75) is 44.7 Å². The second-order valence-corrected chi connectivity index (χ2v) is 10.0. The average Bonchev–Trinajstić information content (AvgIpc) is 3.16. The first kappa shape index (κ1) is 22.0. The lowest BCUT2D eigenvalue weighted by Crippen LogP contribution is -2.52. The topological polar surface area (TPSA) is 61.4 Å². The molecular weight excluding hydrogens is 450 g/mol. The van der Waals surface area contributed by atoms with Crippen molar-refractivity contribution in [3.05, 3.63) is 56.7 Å². The van der Waals surface area contributed by atoms with Crippen LogP contribution in [0.1, 0.15) is 41.4 Å². The van der Waals surface area contributed by atoms with Crippen molar-refractivity contribution in [1.82, 2.24) is 15.5 Å². The first-order valence-corrected chi connectivity index (χ1v) is 11.7. The summed E-state index contributed by atoms with van der Waals surface area (Å²) >= 11 is 4.72. The summed E-state index contributed by atoms with van der Waals surface area (Å²) in [5.74, 6) is -0.370. The van der Waals surface area contributed by atoms with Crippen molar-refractivity contribution >= 4 is 39.1 Å². The lowest BCUT2D eigenvalue weighted by molar-refractivity contribution is -0.123. The number of carbonyl (C=O) groups is 2. The molecule has 0 radical (unpaired) electrons. The number of likely N-dealkylation sites (tertiary alicyclic amines) is 1. The minimum absolute atomic E-state index is 0.0123. The van der Waals surface area contributed by atoms with Gasteiger partial charge < -0.3 is 15.5 Å². The van der Waals surface area contributed by atoms with Crippen LogP contribution in [0.2, 0.25) is 0 Å². The van der Waals surface area contributed by atoms with Crippen LogP contribution in [-0.2, 0) is 11.2 Å². The van der Waals surface area contributed by atoms with Gasteiger partial charge in [0.15, 0.2) is 0 Å². The highest BCUT2D eigenvalue weighted by atomic mass is 79.9. The molecule has 2 amide bonds. The minimum Gasteiger partial charge on any atom is -0.350 e. The summed E-state index contributed by atoms with van der Waals surface area (Å²) in [7, 11) is 0. The number of thiophene rings is 1. The number of benzene rings is 1. The Hall–Kier alpha value is -1.70. The highest BCUT2D eigenvalue weighted by molar-refractivity contribution is 9.11.